The molecule has 0 amide bonds. The largest absolute Gasteiger partial charge is 0.411 e. The van der Waals surface area contributed by atoms with Crippen LogP contribution in [-0.4, -0.2) is 35.6 Å². The monoisotopic (exact) mass is 379 g/mol. The Morgan fingerprint density at radius 3 is 2.54 bits per heavy atom. The molecule has 144 valence electrons. The Morgan fingerprint density at radius 1 is 1.15 bits per heavy atom. The molecule has 1 aromatic carbocycles. The van der Waals surface area contributed by atoms with E-state index in [1.807, 2.05) is 18.2 Å². The van der Waals surface area contributed by atoms with Gasteiger partial charge < -0.3 is 5.21 Å². The van der Waals surface area contributed by atoms with Gasteiger partial charge in [0.1, 0.15) is 5.78 Å². The zero-order valence-corrected chi connectivity index (χ0v) is 16.7. The van der Waals surface area contributed by atoms with Crippen molar-refractivity contribution in [3.8, 4) is 0 Å². The van der Waals surface area contributed by atoms with Gasteiger partial charge in [-0.2, -0.15) is 0 Å². The van der Waals surface area contributed by atoms with Gasteiger partial charge >= 0.3 is 0 Å². The molecule has 0 radical (unpaired) electrons. The number of hydrogen-bond acceptors (Lipinski definition) is 5. The summed E-state index contributed by atoms with van der Waals surface area (Å²) >= 11 is 0. The third kappa shape index (κ3) is 5.16. The number of Topliss-reactive ketones (excluding diaryl/α,β-unsaturated/α-hetero) is 1. The van der Waals surface area contributed by atoms with Gasteiger partial charge in [0.15, 0.2) is 9.84 Å². The predicted octanol–water partition coefficient (Wildman–Crippen LogP) is 3.70. The van der Waals surface area contributed by atoms with Crippen LogP contribution in [0.4, 0.5) is 0 Å². The predicted molar refractivity (Wildman–Crippen MR) is 104 cm³/mol. The highest BCUT2D eigenvalue weighted by molar-refractivity contribution is 7.92. The maximum atomic E-state index is 12.2. The number of hydrogen-bond donors (Lipinski definition) is 1. The number of sulfone groups is 1. The van der Waals surface area contributed by atoms with Crippen molar-refractivity contribution in [1.82, 2.24) is 0 Å². The van der Waals surface area contributed by atoms with E-state index in [9.17, 15) is 13.2 Å². The molecular formula is C20H29NO4S. The number of rotatable bonds is 8. The maximum Gasteiger partial charge on any atom is 0.155 e. The summed E-state index contributed by atoms with van der Waals surface area (Å²) in [6.07, 6.45) is 4.55. The standard InChI is InChI=1S/C20H29NO4S/c1-20(2,3)26(24,25)12-6-4-5-7-17(22)14-15-8-10-18-16(13-15)9-11-19(18)21-23/h8,10,13,23H,4-7,9,11-12,14H2,1-3H3/b21-19+. The van der Waals surface area contributed by atoms with Crippen LogP contribution in [0.2, 0.25) is 0 Å². The van der Waals surface area contributed by atoms with Crippen LogP contribution < -0.4 is 0 Å². The summed E-state index contributed by atoms with van der Waals surface area (Å²) in [5, 5.41) is 12.3. The van der Waals surface area contributed by atoms with Gasteiger partial charge in [0, 0.05) is 18.4 Å². The van der Waals surface area contributed by atoms with Crippen molar-refractivity contribution in [3.63, 3.8) is 0 Å². The quantitative estimate of drug-likeness (QED) is 0.424. The van der Waals surface area contributed by atoms with Gasteiger partial charge in [-0.3, -0.25) is 4.79 Å². The molecule has 6 heteroatoms. The molecule has 26 heavy (non-hydrogen) atoms. The molecule has 0 aliphatic heterocycles. The van der Waals surface area contributed by atoms with Crippen LogP contribution in [0.3, 0.4) is 0 Å². The zero-order chi connectivity index (χ0) is 19.4. The SMILES string of the molecule is CC(C)(C)S(=O)(=O)CCCCCC(=O)Cc1ccc2c(c1)CC/C2=N\O. The Kier molecular flexibility index (Phi) is 6.61. The second kappa shape index (κ2) is 8.33. The number of carbonyl (C=O) groups is 1. The van der Waals surface area contributed by atoms with Crippen LogP contribution in [0.5, 0.6) is 0 Å². The van der Waals surface area contributed by atoms with Crippen LogP contribution in [0.25, 0.3) is 0 Å². The molecule has 2 rings (SSSR count). The van der Waals surface area contributed by atoms with Gasteiger partial charge in [-0.15, -0.1) is 0 Å². The van der Waals surface area contributed by atoms with E-state index in [0.717, 1.165) is 42.4 Å². The number of ketones is 1. The molecule has 0 spiro atoms. The number of carbonyl (C=O) groups excluding carboxylic acids is 1. The van der Waals surface area contributed by atoms with Crippen molar-refractivity contribution in [2.45, 2.75) is 70.5 Å². The Hall–Kier alpha value is -1.69. The molecule has 1 aliphatic rings. The first-order valence-electron chi connectivity index (χ1n) is 9.21. The Bertz CT molecular complexity index is 789. The molecule has 1 aromatic rings. The van der Waals surface area contributed by atoms with Crippen LogP contribution >= 0.6 is 0 Å². The fourth-order valence-corrected chi connectivity index (χ4v) is 4.35. The minimum absolute atomic E-state index is 0.178. The molecule has 0 saturated carbocycles. The topological polar surface area (TPSA) is 83.8 Å². The summed E-state index contributed by atoms with van der Waals surface area (Å²) in [7, 11) is -3.07. The molecule has 0 unspecified atom stereocenters. The summed E-state index contributed by atoms with van der Waals surface area (Å²) in [5.74, 6) is 0.363. The normalized spacial score (nSPS) is 16.0. The fourth-order valence-electron chi connectivity index (χ4n) is 3.15. The van der Waals surface area contributed by atoms with E-state index < -0.39 is 14.6 Å². The molecule has 0 saturated heterocycles. The molecular weight excluding hydrogens is 350 g/mol. The van der Waals surface area contributed by atoms with Crippen molar-refractivity contribution in [1.29, 1.82) is 0 Å². The van der Waals surface area contributed by atoms with Gasteiger partial charge in [-0.05, 0) is 57.6 Å². The first-order chi connectivity index (χ1) is 12.1. The summed E-state index contributed by atoms with van der Waals surface area (Å²) in [4.78, 5) is 12.2. The van der Waals surface area contributed by atoms with Crippen LogP contribution in [-0.2, 0) is 27.5 Å². The summed E-state index contributed by atoms with van der Waals surface area (Å²) < 4.78 is 23.4. The van der Waals surface area contributed by atoms with Crippen molar-refractivity contribution in [2.24, 2.45) is 5.16 Å². The molecule has 1 aliphatic carbocycles. The minimum Gasteiger partial charge on any atom is -0.411 e. The van der Waals surface area contributed by atoms with Crippen LogP contribution in [0.1, 0.15) is 69.6 Å². The Balaban J connectivity index is 1.75. The Morgan fingerprint density at radius 2 is 1.88 bits per heavy atom. The maximum absolute atomic E-state index is 12.2. The average Bonchev–Trinajstić information content (AvgIpc) is 2.95. The van der Waals surface area contributed by atoms with E-state index in [1.54, 1.807) is 20.8 Å². The van der Waals surface area contributed by atoms with E-state index >= 15 is 0 Å². The molecule has 0 aromatic heterocycles. The van der Waals surface area contributed by atoms with Gasteiger partial charge in [0.05, 0.1) is 16.2 Å². The lowest BCUT2D eigenvalue weighted by molar-refractivity contribution is -0.118. The first-order valence-corrected chi connectivity index (χ1v) is 10.9. The molecule has 0 atom stereocenters. The van der Waals surface area contributed by atoms with Crippen molar-refractivity contribution < 1.29 is 18.4 Å². The van der Waals surface area contributed by atoms with E-state index in [4.69, 9.17) is 5.21 Å². The van der Waals surface area contributed by atoms with Gasteiger partial charge in [-0.1, -0.05) is 29.8 Å². The molecule has 0 heterocycles. The average molecular weight is 380 g/mol. The highest BCUT2D eigenvalue weighted by Crippen LogP contribution is 2.24. The number of benzene rings is 1. The van der Waals surface area contributed by atoms with Crippen LogP contribution in [0, 0.1) is 0 Å². The molecule has 5 nitrogen and oxygen atoms in total. The highest BCUT2D eigenvalue weighted by Gasteiger charge is 2.28. The van der Waals surface area contributed by atoms with Crippen LogP contribution in [0.15, 0.2) is 23.4 Å². The minimum atomic E-state index is -3.07. The first kappa shape index (κ1) is 20.6. The van der Waals surface area contributed by atoms with Crippen molar-refractivity contribution in [3.05, 3.63) is 34.9 Å². The summed E-state index contributed by atoms with van der Waals surface area (Å²) in [6.45, 7) is 5.16. The number of nitrogens with zero attached hydrogens (tertiary/aromatic N) is 1. The van der Waals surface area contributed by atoms with E-state index in [2.05, 4.69) is 5.16 Å². The van der Waals surface area contributed by atoms with Gasteiger partial charge in [-0.25, -0.2) is 8.42 Å². The molecule has 0 bridgehead atoms. The third-order valence-electron chi connectivity index (χ3n) is 4.94. The molecule has 0 fully saturated rings. The summed E-state index contributed by atoms with van der Waals surface area (Å²) in [5.41, 5.74) is 3.81. The number of oxime groups is 1. The lowest BCUT2D eigenvalue weighted by Gasteiger charge is -2.18. The van der Waals surface area contributed by atoms with Crippen molar-refractivity contribution in [2.75, 3.05) is 5.75 Å². The Labute approximate surface area is 156 Å². The second-order valence-corrected chi connectivity index (χ2v) is 10.9. The number of aryl methyl sites for hydroxylation is 1. The second-order valence-electron chi connectivity index (χ2n) is 8.00. The fraction of sp³-hybridized carbons (Fsp3) is 0.600. The summed E-state index contributed by atoms with van der Waals surface area (Å²) in [6, 6.07) is 5.88. The van der Waals surface area contributed by atoms with Gasteiger partial charge in [0.25, 0.3) is 0 Å². The molecule has 1 N–H and O–H groups in total. The number of unbranched alkanes of at least 4 members (excludes halogenated alkanes) is 2. The third-order valence-corrected chi connectivity index (χ3v) is 7.63. The van der Waals surface area contributed by atoms with Gasteiger partial charge in [0.2, 0.25) is 0 Å². The highest BCUT2D eigenvalue weighted by atomic mass is 32.2. The van der Waals surface area contributed by atoms with E-state index in [1.165, 1.54) is 0 Å². The van der Waals surface area contributed by atoms with E-state index in [0.29, 0.717) is 25.0 Å². The van der Waals surface area contributed by atoms with Crippen molar-refractivity contribution >= 4 is 21.3 Å². The smallest absolute Gasteiger partial charge is 0.155 e. The zero-order valence-electron chi connectivity index (χ0n) is 15.9. The number of fused-ring (bicyclic) bond motifs is 1. The lowest BCUT2D eigenvalue weighted by Crippen LogP contribution is -2.30. The lowest BCUT2D eigenvalue weighted by atomic mass is 10.0. The van der Waals surface area contributed by atoms with E-state index in [-0.39, 0.29) is 11.5 Å².